The number of imidazole rings is 1. The highest BCUT2D eigenvalue weighted by Crippen LogP contribution is 2.32. The maximum Gasteiger partial charge on any atom is 0.182 e. The monoisotopic (exact) mass is 438 g/mol. The van der Waals surface area contributed by atoms with E-state index in [1.54, 1.807) is 28.8 Å². The van der Waals surface area contributed by atoms with Crippen LogP contribution >= 0.6 is 58.0 Å². The first-order valence-electron chi connectivity index (χ1n) is 5.53. The van der Waals surface area contributed by atoms with Crippen molar-refractivity contribution in [2.75, 3.05) is 0 Å². The molecule has 2 aromatic carbocycles. The molecular weight excluding hydrogens is 433 g/mol. The van der Waals surface area contributed by atoms with Gasteiger partial charge in [0.2, 0.25) is 0 Å². The van der Waals surface area contributed by atoms with Gasteiger partial charge in [-0.1, -0.05) is 29.3 Å². The largest absolute Gasteiger partial charge is 0.330 e. The minimum absolute atomic E-state index is 0.316. The number of nitrogens with one attached hydrogen (secondary N) is 1. The minimum Gasteiger partial charge on any atom is -0.330 e. The molecule has 0 fully saturated rings. The van der Waals surface area contributed by atoms with E-state index in [2.05, 4.69) is 4.98 Å². The lowest BCUT2D eigenvalue weighted by molar-refractivity contribution is 0.622. The van der Waals surface area contributed by atoms with Crippen LogP contribution in [0.15, 0.2) is 30.3 Å². The second-order valence-corrected chi connectivity index (χ2v) is 6.48. The third-order valence-corrected chi connectivity index (χ3v) is 4.61. The van der Waals surface area contributed by atoms with Crippen LogP contribution in [0.25, 0.3) is 16.7 Å². The lowest BCUT2D eigenvalue weighted by Crippen LogP contribution is -1.97. The SMILES string of the molecule is Fc1cc2c(cc1I)[nH]c(=S)n2-c1c(Cl)cccc1Cl. The van der Waals surface area contributed by atoms with E-state index in [4.69, 9.17) is 35.4 Å². The van der Waals surface area contributed by atoms with Crippen LogP contribution in [0.3, 0.4) is 0 Å². The Labute approximate surface area is 142 Å². The maximum atomic E-state index is 13.8. The average Bonchev–Trinajstić information content (AvgIpc) is 2.67. The van der Waals surface area contributed by atoms with Gasteiger partial charge in [0.05, 0.1) is 30.3 Å². The first kappa shape index (κ1) is 14.3. The van der Waals surface area contributed by atoms with Gasteiger partial charge >= 0.3 is 0 Å². The molecule has 0 atom stereocenters. The fourth-order valence-electron chi connectivity index (χ4n) is 2.03. The van der Waals surface area contributed by atoms with Crippen LogP contribution in [0, 0.1) is 14.2 Å². The fraction of sp³-hybridized carbons (Fsp3) is 0. The number of aromatic nitrogens is 2. The van der Waals surface area contributed by atoms with Gasteiger partial charge in [-0.15, -0.1) is 0 Å². The second kappa shape index (κ2) is 5.29. The Morgan fingerprint density at radius 3 is 2.50 bits per heavy atom. The van der Waals surface area contributed by atoms with E-state index in [1.165, 1.54) is 6.07 Å². The van der Waals surface area contributed by atoms with Crippen LogP contribution in [0.2, 0.25) is 10.0 Å². The Morgan fingerprint density at radius 2 is 1.85 bits per heavy atom. The van der Waals surface area contributed by atoms with Gasteiger partial charge in [-0.2, -0.15) is 0 Å². The zero-order valence-corrected chi connectivity index (χ0v) is 14.2. The Kier molecular flexibility index (Phi) is 3.79. The molecule has 0 aliphatic rings. The maximum absolute atomic E-state index is 13.8. The summed E-state index contributed by atoms with van der Waals surface area (Å²) in [5.41, 5.74) is 1.88. The molecule has 0 amide bonds. The predicted octanol–water partition coefficient (Wildman–Crippen LogP) is 5.74. The summed E-state index contributed by atoms with van der Waals surface area (Å²) in [4.78, 5) is 3.04. The van der Waals surface area contributed by atoms with E-state index in [9.17, 15) is 4.39 Å². The van der Waals surface area contributed by atoms with Crippen molar-refractivity contribution in [3.8, 4) is 5.69 Å². The summed E-state index contributed by atoms with van der Waals surface area (Å²) in [6, 6.07) is 8.29. The molecule has 0 saturated carbocycles. The van der Waals surface area contributed by atoms with Crippen molar-refractivity contribution >= 4 is 69.0 Å². The molecule has 0 unspecified atom stereocenters. The summed E-state index contributed by atoms with van der Waals surface area (Å²) in [5, 5.41) is 0.905. The number of benzene rings is 2. The average molecular weight is 439 g/mol. The molecule has 2 nitrogen and oxygen atoms in total. The molecule has 0 saturated heterocycles. The smallest absolute Gasteiger partial charge is 0.182 e. The Balaban J connectivity index is 2.46. The van der Waals surface area contributed by atoms with E-state index in [1.807, 2.05) is 22.6 Å². The van der Waals surface area contributed by atoms with Gasteiger partial charge in [-0.25, -0.2) is 4.39 Å². The molecule has 0 bridgehead atoms. The van der Waals surface area contributed by atoms with Crippen molar-refractivity contribution < 1.29 is 4.39 Å². The number of nitrogens with zero attached hydrogens (tertiary/aromatic N) is 1. The molecule has 0 aliphatic heterocycles. The standard InChI is InChI=1S/C13H6Cl2FIN2S/c14-6-2-1-3-7(15)12(6)19-11-4-8(16)9(17)5-10(11)18-13(19)20/h1-5H,(H,18,20). The number of hydrogen-bond acceptors (Lipinski definition) is 1. The highest BCUT2D eigenvalue weighted by Gasteiger charge is 2.14. The quantitative estimate of drug-likeness (QED) is 0.379. The lowest BCUT2D eigenvalue weighted by Gasteiger charge is -2.09. The Hall–Kier alpha value is -0.630. The molecule has 1 N–H and O–H groups in total. The van der Waals surface area contributed by atoms with Crippen LogP contribution in [0.5, 0.6) is 0 Å². The highest BCUT2D eigenvalue weighted by molar-refractivity contribution is 14.1. The summed E-state index contributed by atoms with van der Waals surface area (Å²) >= 11 is 19.6. The van der Waals surface area contributed by atoms with E-state index >= 15 is 0 Å². The normalized spacial score (nSPS) is 11.2. The molecule has 102 valence electrons. The van der Waals surface area contributed by atoms with Crippen molar-refractivity contribution in [3.63, 3.8) is 0 Å². The number of aromatic amines is 1. The number of para-hydroxylation sites is 1. The molecule has 3 rings (SSSR count). The van der Waals surface area contributed by atoms with Gasteiger partial charge in [-0.05, 0) is 53.0 Å². The van der Waals surface area contributed by atoms with Crippen LogP contribution in [-0.4, -0.2) is 9.55 Å². The van der Waals surface area contributed by atoms with Gasteiger partial charge in [0.15, 0.2) is 4.77 Å². The molecule has 0 spiro atoms. The number of halogens is 4. The molecule has 1 heterocycles. The second-order valence-electron chi connectivity index (χ2n) is 4.12. The van der Waals surface area contributed by atoms with Crippen LogP contribution in [0.4, 0.5) is 4.39 Å². The van der Waals surface area contributed by atoms with E-state index in [0.29, 0.717) is 29.6 Å². The van der Waals surface area contributed by atoms with Crippen molar-refractivity contribution in [1.82, 2.24) is 9.55 Å². The van der Waals surface area contributed by atoms with E-state index in [0.717, 1.165) is 5.52 Å². The molecular formula is C13H6Cl2FIN2S. The Bertz CT molecular complexity index is 868. The molecule has 7 heteroatoms. The van der Waals surface area contributed by atoms with Gasteiger partial charge in [0.1, 0.15) is 5.82 Å². The summed E-state index contributed by atoms with van der Waals surface area (Å²) in [5.74, 6) is -0.316. The molecule has 0 radical (unpaired) electrons. The first-order chi connectivity index (χ1) is 9.49. The number of fused-ring (bicyclic) bond motifs is 1. The number of H-pyrrole nitrogens is 1. The zero-order chi connectivity index (χ0) is 14.4. The van der Waals surface area contributed by atoms with Crippen LogP contribution < -0.4 is 0 Å². The predicted molar refractivity (Wildman–Crippen MR) is 91.2 cm³/mol. The Morgan fingerprint density at radius 1 is 1.20 bits per heavy atom. The van der Waals surface area contributed by atoms with Crippen LogP contribution in [-0.2, 0) is 0 Å². The highest BCUT2D eigenvalue weighted by atomic mass is 127. The number of rotatable bonds is 1. The van der Waals surface area contributed by atoms with E-state index < -0.39 is 0 Å². The van der Waals surface area contributed by atoms with Crippen LogP contribution in [0.1, 0.15) is 0 Å². The molecule has 3 aromatic rings. The van der Waals surface area contributed by atoms with Gasteiger partial charge < -0.3 is 4.98 Å². The molecule has 0 aliphatic carbocycles. The summed E-state index contributed by atoms with van der Waals surface area (Å²) in [6.45, 7) is 0. The third-order valence-electron chi connectivity index (χ3n) is 2.89. The zero-order valence-electron chi connectivity index (χ0n) is 9.75. The van der Waals surface area contributed by atoms with Gasteiger partial charge in [0, 0.05) is 6.07 Å². The number of hydrogen-bond donors (Lipinski definition) is 1. The van der Waals surface area contributed by atoms with Crippen molar-refractivity contribution in [3.05, 3.63) is 54.5 Å². The minimum atomic E-state index is -0.316. The summed E-state index contributed by atoms with van der Waals surface area (Å²) in [7, 11) is 0. The van der Waals surface area contributed by atoms with Crippen molar-refractivity contribution in [2.24, 2.45) is 0 Å². The van der Waals surface area contributed by atoms with Gasteiger partial charge in [0.25, 0.3) is 0 Å². The fourth-order valence-corrected chi connectivity index (χ4v) is 3.36. The third kappa shape index (κ3) is 2.26. The molecule has 1 aromatic heterocycles. The molecule has 20 heavy (non-hydrogen) atoms. The van der Waals surface area contributed by atoms with Crippen molar-refractivity contribution in [2.45, 2.75) is 0 Å². The lowest BCUT2D eigenvalue weighted by atomic mass is 10.2. The summed E-state index contributed by atoms with van der Waals surface area (Å²) in [6.07, 6.45) is 0. The van der Waals surface area contributed by atoms with Crippen molar-refractivity contribution in [1.29, 1.82) is 0 Å². The summed E-state index contributed by atoms with van der Waals surface area (Å²) < 4.78 is 16.4. The van der Waals surface area contributed by atoms with E-state index in [-0.39, 0.29) is 5.82 Å². The van der Waals surface area contributed by atoms with Gasteiger partial charge in [-0.3, -0.25) is 4.57 Å². The first-order valence-corrected chi connectivity index (χ1v) is 7.77. The topological polar surface area (TPSA) is 20.7 Å².